The van der Waals surface area contributed by atoms with Crippen molar-refractivity contribution < 1.29 is 14.6 Å². The molecule has 0 spiro atoms. The van der Waals surface area contributed by atoms with Crippen molar-refractivity contribution in [2.24, 2.45) is 0 Å². The van der Waals surface area contributed by atoms with Gasteiger partial charge in [-0.3, -0.25) is 0 Å². The summed E-state index contributed by atoms with van der Waals surface area (Å²) in [7, 11) is 0. The summed E-state index contributed by atoms with van der Waals surface area (Å²) in [6, 6.07) is 13.9. The lowest BCUT2D eigenvalue weighted by molar-refractivity contribution is 0.455. The predicted octanol–water partition coefficient (Wildman–Crippen LogP) is 3.38. The van der Waals surface area contributed by atoms with Gasteiger partial charge >= 0.3 is 5.63 Å². The molecule has 0 aliphatic heterocycles. The van der Waals surface area contributed by atoms with Crippen molar-refractivity contribution in [3.8, 4) is 11.5 Å². The lowest BCUT2D eigenvalue weighted by atomic mass is 10.0. The summed E-state index contributed by atoms with van der Waals surface area (Å²) in [5.41, 5.74) is 1.30. The van der Waals surface area contributed by atoms with Gasteiger partial charge in [0.2, 0.25) is 0 Å². The van der Waals surface area contributed by atoms with Crippen molar-refractivity contribution in [1.29, 1.82) is 0 Å². The molecule has 3 aromatic rings. The first-order valence-corrected chi connectivity index (χ1v) is 7.17. The van der Waals surface area contributed by atoms with Gasteiger partial charge in [0.1, 0.15) is 17.1 Å². The van der Waals surface area contributed by atoms with Crippen LogP contribution in [-0.4, -0.2) is 10.2 Å². The molecule has 1 heterocycles. The second-order valence-corrected chi connectivity index (χ2v) is 5.23. The molecule has 0 amide bonds. The third-order valence-electron chi connectivity index (χ3n) is 3.71. The van der Waals surface area contributed by atoms with E-state index in [4.69, 9.17) is 4.42 Å². The molecule has 0 unspecified atom stereocenters. The van der Waals surface area contributed by atoms with E-state index < -0.39 is 5.63 Å². The number of para-hydroxylation sites is 1. The van der Waals surface area contributed by atoms with E-state index in [1.807, 2.05) is 12.1 Å². The Bertz CT molecular complexity index is 847. The largest absolute Gasteiger partial charge is 0.508 e. The smallest absolute Gasteiger partial charge is 0.343 e. The van der Waals surface area contributed by atoms with Gasteiger partial charge in [-0.1, -0.05) is 24.3 Å². The van der Waals surface area contributed by atoms with Crippen LogP contribution in [0.2, 0.25) is 0 Å². The summed E-state index contributed by atoms with van der Waals surface area (Å²) in [5.74, 6) is 0.245. The minimum Gasteiger partial charge on any atom is -0.508 e. The molecule has 0 fully saturated rings. The van der Waals surface area contributed by atoms with Gasteiger partial charge in [-0.15, -0.1) is 0 Å². The molecule has 2 N–H and O–H groups in total. The van der Waals surface area contributed by atoms with Crippen LogP contribution in [0.1, 0.15) is 17.5 Å². The fourth-order valence-corrected chi connectivity index (χ4v) is 2.52. The van der Waals surface area contributed by atoms with Gasteiger partial charge in [0.05, 0.1) is 10.9 Å². The number of fused-ring (bicyclic) bond motifs is 1. The summed E-state index contributed by atoms with van der Waals surface area (Å²) >= 11 is 0. The van der Waals surface area contributed by atoms with E-state index in [0.717, 1.165) is 12.0 Å². The first-order valence-electron chi connectivity index (χ1n) is 7.17. The number of rotatable bonds is 4. The Balaban J connectivity index is 1.79. The SMILES string of the molecule is O=c1oc2ccccc2c(O)c1CCCc1ccc(O)cc1. The average molecular weight is 296 g/mol. The van der Waals surface area contributed by atoms with Crippen LogP contribution in [0.4, 0.5) is 0 Å². The highest BCUT2D eigenvalue weighted by atomic mass is 16.4. The highest BCUT2D eigenvalue weighted by Gasteiger charge is 2.13. The molecule has 0 radical (unpaired) electrons. The molecule has 4 nitrogen and oxygen atoms in total. The number of hydrogen-bond acceptors (Lipinski definition) is 4. The van der Waals surface area contributed by atoms with Crippen LogP contribution in [0.5, 0.6) is 11.5 Å². The normalized spacial score (nSPS) is 10.9. The second kappa shape index (κ2) is 5.93. The zero-order valence-electron chi connectivity index (χ0n) is 12.0. The lowest BCUT2D eigenvalue weighted by Gasteiger charge is -2.06. The lowest BCUT2D eigenvalue weighted by Crippen LogP contribution is -2.08. The highest BCUT2D eigenvalue weighted by molar-refractivity contribution is 5.83. The zero-order valence-corrected chi connectivity index (χ0v) is 12.0. The predicted molar refractivity (Wildman–Crippen MR) is 84.3 cm³/mol. The molecule has 0 aliphatic rings. The minimum atomic E-state index is -0.484. The van der Waals surface area contributed by atoms with Gasteiger partial charge in [0.15, 0.2) is 0 Å². The number of aryl methyl sites for hydroxylation is 1. The van der Waals surface area contributed by atoms with Crippen molar-refractivity contribution in [2.45, 2.75) is 19.3 Å². The number of hydrogen-bond donors (Lipinski definition) is 2. The van der Waals surface area contributed by atoms with E-state index in [1.54, 1.807) is 36.4 Å². The molecular weight excluding hydrogens is 280 g/mol. The monoisotopic (exact) mass is 296 g/mol. The van der Waals surface area contributed by atoms with Crippen molar-refractivity contribution in [1.82, 2.24) is 0 Å². The summed E-state index contributed by atoms with van der Waals surface area (Å²) in [4.78, 5) is 12.0. The van der Waals surface area contributed by atoms with E-state index in [-0.39, 0.29) is 11.5 Å². The van der Waals surface area contributed by atoms with Crippen molar-refractivity contribution in [2.75, 3.05) is 0 Å². The Labute approximate surface area is 127 Å². The van der Waals surface area contributed by atoms with Crippen LogP contribution in [0, 0.1) is 0 Å². The Kier molecular flexibility index (Phi) is 3.83. The first-order chi connectivity index (χ1) is 10.6. The molecule has 3 rings (SSSR count). The molecule has 0 saturated carbocycles. The van der Waals surface area contributed by atoms with E-state index in [0.29, 0.717) is 29.4 Å². The van der Waals surface area contributed by atoms with Crippen LogP contribution in [0.3, 0.4) is 0 Å². The third kappa shape index (κ3) is 2.81. The van der Waals surface area contributed by atoms with Crippen molar-refractivity contribution in [3.05, 3.63) is 70.1 Å². The molecule has 0 atom stereocenters. The number of phenolic OH excluding ortho intramolecular Hbond substituents is 1. The van der Waals surface area contributed by atoms with Crippen LogP contribution in [0.15, 0.2) is 57.7 Å². The van der Waals surface area contributed by atoms with Crippen LogP contribution >= 0.6 is 0 Å². The van der Waals surface area contributed by atoms with Crippen molar-refractivity contribution in [3.63, 3.8) is 0 Å². The number of benzene rings is 2. The van der Waals surface area contributed by atoms with E-state index in [2.05, 4.69) is 0 Å². The van der Waals surface area contributed by atoms with Gasteiger partial charge in [0.25, 0.3) is 0 Å². The Hall–Kier alpha value is -2.75. The average Bonchev–Trinajstić information content (AvgIpc) is 2.52. The Morgan fingerprint density at radius 3 is 2.41 bits per heavy atom. The van der Waals surface area contributed by atoms with Gasteiger partial charge in [-0.05, 0) is 49.1 Å². The molecule has 4 heteroatoms. The first kappa shape index (κ1) is 14.2. The highest BCUT2D eigenvalue weighted by Crippen LogP contribution is 2.26. The Morgan fingerprint density at radius 2 is 1.64 bits per heavy atom. The molecule has 0 aliphatic carbocycles. The van der Waals surface area contributed by atoms with Crippen LogP contribution in [-0.2, 0) is 12.8 Å². The third-order valence-corrected chi connectivity index (χ3v) is 3.71. The van der Waals surface area contributed by atoms with Crippen LogP contribution in [0.25, 0.3) is 11.0 Å². The standard InChI is InChI=1S/C18H16O4/c19-13-10-8-12(9-11-13)4-3-6-15-17(20)14-5-1-2-7-16(14)22-18(15)21/h1-2,5,7-11,19-20H,3-4,6H2. The minimum absolute atomic E-state index is 0.0116. The fourth-order valence-electron chi connectivity index (χ4n) is 2.52. The maximum Gasteiger partial charge on any atom is 0.343 e. The maximum atomic E-state index is 12.0. The van der Waals surface area contributed by atoms with Gasteiger partial charge < -0.3 is 14.6 Å². The van der Waals surface area contributed by atoms with E-state index >= 15 is 0 Å². The van der Waals surface area contributed by atoms with Crippen molar-refractivity contribution >= 4 is 11.0 Å². The summed E-state index contributed by atoms with van der Waals surface area (Å²) in [5, 5.41) is 20.1. The molecule has 1 aromatic heterocycles. The molecule has 112 valence electrons. The molecule has 2 aromatic carbocycles. The maximum absolute atomic E-state index is 12.0. The summed E-state index contributed by atoms with van der Waals surface area (Å²) < 4.78 is 5.24. The molecule has 0 saturated heterocycles. The van der Waals surface area contributed by atoms with Gasteiger partial charge in [-0.2, -0.15) is 0 Å². The van der Waals surface area contributed by atoms with E-state index in [9.17, 15) is 15.0 Å². The van der Waals surface area contributed by atoms with E-state index in [1.165, 1.54) is 0 Å². The topological polar surface area (TPSA) is 70.7 Å². The second-order valence-electron chi connectivity index (χ2n) is 5.23. The summed E-state index contributed by atoms with van der Waals surface area (Å²) in [6.07, 6.45) is 1.91. The zero-order chi connectivity index (χ0) is 15.5. The summed E-state index contributed by atoms with van der Waals surface area (Å²) in [6.45, 7) is 0. The Morgan fingerprint density at radius 1 is 0.909 bits per heavy atom. The molecule has 0 bridgehead atoms. The number of aromatic hydroxyl groups is 2. The number of phenols is 1. The molecule has 22 heavy (non-hydrogen) atoms. The van der Waals surface area contributed by atoms with Gasteiger partial charge in [-0.25, -0.2) is 4.79 Å². The van der Waals surface area contributed by atoms with Crippen LogP contribution < -0.4 is 5.63 Å². The quantitative estimate of drug-likeness (QED) is 0.724. The van der Waals surface area contributed by atoms with Gasteiger partial charge in [0, 0.05) is 0 Å². The molecular formula is C18H16O4. The fraction of sp³-hybridized carbons (Fsp3) is 0.167.